The van der Waals surface area contributed by atoms with Crippen LogP contribution in [0.3, 0.4) is 0 Å². The van der Waals surface area contributed by atoms with Crippen molar-refractivity contribution in [3.05, 3.63) is 46.2 Å². The van der Waals surface area contributed by atoms with Crippen molar-refractivity contribution in [3.63, 3.8) is 0 Å². The monoisotopic (exact) mass is 274 g/mol. The molecule has 98 valence electrons. The molecule has 0 unspecified atom stereocenters. The summed E-state index contributed by atoms with van der Waals surface area (Å²) in [5, 5.41) is 0.519. The molecule has 0 spiro atoms. The van der Waals surface area contributed by atoms with Crippen molar-refractivity contribution in [2.24, 2.45) is 0 Å². The van der Waals surface area contributed by atoms with Crippen LogP contribution in [0, 0.1) is 0 Å². The van der Waals surface area contributed by atoms with Crippen LogP contribution < -0.4 is 0 Å². The number of ether oxygens (including phenoxy) is 1. The molecule has 0 amide bonds. The van der Waals surface area contributed by atoms with Crippen molar-refractivity contribution in [2.75, 3.05) is 6.61 Å². The lowest BCUT2D eigenvalue weighted by atomic mass is 10.0. The largest absolute Gasteiger partial charge is 0.376 e. The molecule has 4 heteroatoms. The summed E-state index contributed by atoms with van der Waals surface area (Å²) < 4.78 is 5.40. The van der Waals surface area contributed by atoms with E-state index in [2.05, 4.69) is 29.0 Å². The molecule has 0 saturated carbocycles. The minimum absolute atomic E-state index is 0.518. The number of fused-ring (bicyclic) bond motifs is 1. The number of hydrogen-bond acceptors (Lipinski definition) is 3. The predicted molar refractivity (Wildman–Crippen MR) is 75.2 cm³/mol. The Morgan fingerprint density at radius 2 is 2.11 bits per heavy atom. The summed E-state index contributed by atoms with van der Waals surface area (Å²) in [4.78, 5) is 9.12. The van der Waals surface area contributed by atoms with Gasteiger partial charge < -0.3 is 4.74 Å². The van der Waals surface area contributed by atoms with Crippen LogP contribution in [-0.2, 0) is 24.2 Å². The van der Waals surface area contributed by atoms with Gasteiger partial charge in [0.1, 0.15) is 5.15 Å². The molecule has 0 atom stereocenters. The Labute approximate surface area is 117 Å². The van der Waals surface area contributed by atoms with Gasteiger partial charge in [0, 0.05) is 17.5 Å². The number of halogens is 1. The van der Waals surface area contributed by atoms with Crippen LogP contribution in [0.4, 0.5) is 0 Å². The van der Waals surface area contributed by atoms with Crippen LogP contribution in [0.1, 0.15) is 23.7 Å². The zero-order valence-electron chi connectivity index (χ0n) is 10.8. The van der Waals surface area contributed by atoms with E-state index < -0.39 is 0 Å². The molecule has 3 rings (SSSR count). The molecule has 0 bridgehead atoms. The molecule has 3 nitrogen and oxygen atoms in total. The normalized spacial score (nSPS) is 14.2. The van der Waals surface area contributed by atoms with Crippen LogP contribution in [0.25, 0.3) is 11.4 Å². The Morgan fingerprint density at radius 3 is 2.95 bits per heavy atom. The second-order valence-electron chi connectivity index (χ2n) is 4.58. The van der Waals surface area contributed by atoms with Gasteiger partial charge in [-0.05, 0) is 12.0 Å². The van der Waals surface area contributed by atoms with Crippen LogP contribution >= 0.6 is 11.6 Å². The minimum atomic E-state index is 0.518. The molecule has 1 aromatic heterocycles. The van der Waals surface area contributed by atoms with Crippen molar-refractivity contribution in [2.45, 2.75) is 26.4 Å². The Balaban J connectivity index is 2.13. The zero-order chi connectivity index (χ0) is 13.2. The van der Waals surface area contributed by atoms with E-state index >= 15 is 0 Å². The number of aryl methyl sites for hydroxylation is 1. The summed E-state index contributed by atoms with van der Waals surface area (Å²) in [6.45, 7) is 3.35. The summed E-state index contributed by atoms with van der Waals surface area (Å²) in [6, 6.07) is 8.20. The van der Waals surface area contributed by atoms with Gasteiger partial charge in [-0.2, -0.15) is 0 Å². The Morgan fingerprint density at radius 1 is 1.26 bits per heavy atom. The van der Waals surface area contributed by atoms with E-state index in [9.17, 15) is 0 Å². The Kier molecular flexibility index (Phi) is 3.49. The second-order valence-corrected chi connectivity index (χ2v) is 4.93. The molecular weight excluding hydrogens is 260 g/mol. The third kappa shape index (κ3) is 2.36. The number of hydrogen-bond donors (Lipinski definition) is 0. The zero-order valence-corrected chi connectivity index (χ0v) is 11.6. The molecule has 1 aromatic carbocycles. The van der Waals surface area contributed by atoms with Crippen LogP contribution in [0.5, 0.6) is 0 Å². The van der Waals surface area contributed by atoms with Crippen molar-refractivity contribution in [1.82, 2.24) is 9.97 Å². The molecule has 0 N–H and O–H groups in total. The van der Waals surface area contributed by atoms with Gasteiger partial charge in [0.25, 0.3) is 0 Å². The molecule has 1 aliphatic heterocycles. The molecular formula is C15H15ClN2O. The van der Waals surface area contributed by atoms with Gasteiger partial charge in [0.05, 0.1) is 18.9 Å². The molecule has 0 saturated heterocycles. The fraction of sp³-hybridized carbons (Fsp3) is 0.333. The highest BCUT2D eigenvalue weighted by Gasteiger charge is 2.18. The van der Waals surface area contributed by atoms with E-state index in [4.69, 9.17) is 16.3 Å². The first-order valence-electron chi connectivity index (χ1n) is 6.51. The smallest absolute Gasteiger partial charge is 0.161 e. The minimum Gasteiger partial charge on any atom is -0.376 e. The third-order valence-corrected chi connectivity index (χ3v) is 3.72. The fourth-order valence-corrected chi connectivity index (χ4v) is 2.60. The van der Waals surface area contributed by atoms with E-state index in [0.29, 0.717) is 18.4 Å². The van der Waals surface area contributed by atoms with E-state index in [1.165, 1.54) is 5.56 Å². The van der Waals surface area contributed by atoms with Gasteiger partial charge in [-0.25, -0.2) is 9.97 Å². The summed E-state index contributed by atoms with van der Waals surface area (Å²) in [5.41, 5.74) is 4.27. The summed E-state index contributed by atoms with van der Waals surface area (Å²) >= 11 is 6.26. The summed E-state index contributed by atoms with van der Waals surface area (Å²) in [6.07, 6.45) is 1.76. The molecule has 2 aromatic rings. The highest BCUT2D eigenvalue weighted by atomic mass is 35.5. The topological polar surface area (TPSA) is 35.0 Å². The maximum absolute atomic E-state index is 6.26. The fourth-order valence-electron chi connectivity index (χ4n) is 2.36. The Hall–Kier alpha value is -1.45. The standard InChI is InChI=1S/C15H15ClN2O/c1-2-10-5-3-4-6-11(10)15-17-13-7-8-19-9-12(13)14(16)18-15/h3-6H,2,7-9H2,1H3. The van der Waals surface area contributed by atoms with Crippen molar-refractivity contribution < 1.29 is 4.74 Å². The first-order valence-corrected chi connectivity index (χ1v) is 6.88. The van der Waals surface area contributed by atoms with Crippen molar-refractivity contribution >= 4 is 11.6 Å². The molecule has 0 fully saturated rings. The first-order chi connectivity index (χ1) is 9.29. The number of benzene rings is 1. The summed E-state index contributed by atoms with van der Waals surface area (Å²) in [5.74, 6) is 0.725. The number of nitrogens with zero attached hydrogens (tertiary/aromatic N) is 2. The van der Waals surface area contributed by atoms with Gasteiger partial charge in [0.15, 0.2) is 5.82 Å². The van der Waals surface area contributed by atoms with E-state index in [-0.39, 0.29) is 0 Å². The lowest BCUT2D eigenvalue weighted by molar-refractivity contribution is 0.109. The van der Waals surface area contributed by atoms with Crippen LogP contribution in [-0.4, -0.2) is 16.6 Å². The molecule has 1 aliphatic rings. The molecule has 2 heterocycles. The van der Waals surface area contributed by atoms with Crippen LogP contribution in [0.15, 0.2) is 24.3 Å². The summed E-state index contributed by atoms with van der Waals surface area (Å²) in [7, 11) is 0. The van der Waals surface area contributed by atoms with Crippen LogP contribution in [0.2, 0.25) is 5.15 Å². The third-order valence-electron chi connectivity index (χ3n) is 3.41. The maximum atomic E-state index is 6.26. The number of rotatable bonds is 2. The Bertz CT molecular complexity index is 613. The predicted octanol–water partition coefficient (Wildman–Crippen LogP) is 3.43. The molecule has 19 heavy (non-hydrogen) atoms. The maximum Gasteiger partial charge on any atom is 0.161 e. The van der Waals surface area contributed by atoms with E-state index in [0.717, 1.165) is 35.5 Å². The van der Waals surface area contributed by atoms with Gasteiger partial charge in [-0.15, -0.1) is 0 Å². The number of aromatic nitrogens is 2. The van der Waals surface area contributed by atoms with Gasteiger partial charge in [0.2, 0.25) is 0 Å². The van der Waals surface area contributed by atoms with Gasteiger partial charge in [-0.3, -0.25) is 0 Å². The van der Waals surface area contributed by atoms with Crippen molar-refractivity contribution in [1.29, 1.82) is 0 Å². The average Bonchev–Trinajstić information content (AvgIpc) is 2.47. The van der Waals surface area contributed by atoms with E-state index in [1.807, 2.05) is 12.1 Å². The highest BCUT2D eigenvalue weighted by Crippen LogP contribution is 2.27. The second kappa shape index (κ2) is 5.27. The molecule has 0 radical (unpaired) electrons. The first kappa shape index (κ1) is 12.6. The SMILES string of the molecule is CCc1ccccc1-c1nc(Cl)c2c(n1)CCOC2. The van der Waals surface area contributed by atoms with E-state index in [1.54, 1.807) is 0 Å². The van der Waals surface area contributed by atoms with Gasteiger partial charge in [-0.1, -0.05) is 42.8 Å². The quantitative estimate of drug-likeness (QED) is 0.787. The highest BCUT2D eigenvalue weighted by molar-refractivity contribution is 6.30. The van der Waals surface area contributed by atoms with Gasteiger partial charge >= 0.3 is 0 Å². The average molecular weight is 275 g/mol. The lowest BCUT2D eigenvalue weighted by Gasteiger charge is -2.17. The lowest BCUT2D eigenvalue weighted by Crippen LogP contribution is -2.14. The van der Waals surface area contributed by atoms with Crippen molar-refractivity contribution in [3.8, 4) is 11.4 Å². The molecule has 0 aliphatic carbocycles.